The molecule has 0 heterocycles. The van der Waals surface area contributed by atoms with Gasteiger partial charge in [-0.3, -0.25) is 0 Å². The SMILES string of the molecule is Br.Br.C1=Cc2cccc3cccc1c23.C1=Cc2cccc3cccc1c23. The fourth-order valence-corrected chi connectivity index (χ4v) is 3.71. The van der Waals surface area contributed by atoms with E-state index in [1.54, 1.807) is 0 Å². The molecule has 0 amide bonds. The molecule has 0 bridgehead atoms. The van der Waals surface area contributed by atoms with Crippen LogP contribution in [0.2, 0.25) is 0 Å². The summed E-state index contributed by atoms with van der Waals surface area (Å²) in [4.78, 5) is 0. The second kappa shape index (κ2) is 7.61. The molecule has 4 aromatic carbocycles. The maximum absolute atomic E-state index is 2.18. The third-order valence-electron chi connectivity index (χ3n) is 4.82. The molecule has 0 nitrogen and oxygen atoms in total. The summed E-state index contributed by atoms with van der Waals surface area (Å²) in [5.74, 6) is 0. The van der Waals surface area contributed by atoms with Gasteiger partial charge in [-0.05, 0) is 43.8 Å². The van der Waals surface area contributed by atoms with E-state index in [0.717, 1.165) is 0 Å². The van der Waals surface area contributed by atoms with Crippen LogP contribution in [0.3, 0.4) is 0 Å². The van der Waals surface area contributed by atoms with E-state index in [2.05, 4.69) is 97.1 Å². The number of hydrogen-bond acceptors (Lipinski definition) is 0. The standard InChI is InChI=1S/2C12H8.2BrH/c2*1-3-9-4-2-6-11-8-7-10(5-1)12(9)11;;/h2*1-8H;2*1H. The molecule has 0 aromatic heterocycles. The number of rotatable bonds is 0. The molecule has 0 saturated carbocycles. The monoisotopic (exact) mass is 464 g/mol. The summed E-state index contributed by atoms with van der Waals surface area (Å²) in [6.07, 6.45) is 8.71. The number of benzene rings is 4. The van der Waals surface area contributed by atoms with E-state index in [0.29, 0.717) is 0 Å². The predicted octanol–water partition coefficient (Wildman–Crippen LogP) is 7.80. The van der Waals surface area contributed by atoms with Crippen molar-refractivity contribution in [2.24, 2.45) is 0 Å². The Hall–Kier alpha value is -2.16. The molecule has 0 radical (unpaired) electrons. The van der Waals surface area contributed by atoms with Crippen LogP contribution in [0.4, 0.5) is 0 Å². The molecule has 26 heavy (non-hydrogen) atoms. The molecule has 2 heteroatoms. The topological polar surface area (TPSA) is 0 Å². The third kappa shape index (κ3) is 3.04. The highest BCUT2D eigenvalue weighted by Crippen LogP contribution is 2.31. The van der Waals surface area contributed by atoms with Crippen molar-refractivity contribution in [2.75, 3.05) is 0 Å². The molecule has 128 valence electrons. The molecule has 0 N–H and O–H groups in total. The van der Waals surface area contributed by atoms with Gasteiger partial charge in [-0.2, -0.15) is 0 Å². The van der Waals surface area contributed by atoms with Gasteiger partial charge in [0.2, 0.25) is 0 Å². The van der Waals surface area contributed by atoms with Crippen LogP contribution in [-0.2, 0) is 0 Å². The van der Waals surface area contributed by atoms with E-state index >= 15 is 0 Å². The molecule has 2 aliphatic rings. The van der Waals surface area contributed by atoms with Crippen molar-refractivity contribution >= 4 is 79.8 Å². The third-order valence-corrected chi connectivity index (χ3v) is 4.82. The summed E-state index contributed by atoms with van der Waals surface area (Å²) in [5, 5.41) is 5.49. The van der Waals surface area contributed by atoms with Crippen LogP contribution in [0, 0.1) is 0 Å². The first kappa shape index (κ1) is 18.6. The lowest BCUT2D eigenvalue weighted by molar-refractivity contribution is 1.72. The van der Waals surface area contributed by atoms with Crippen LogP contribution in [0.15, 0.2) is 72.8 Å². The van der Waals surface area contributed by atoms with Crippen molar-refractivity contribution in [1.29, 1.82) is 0 Å². The van der Waals surface area contributed by atoms with Crippen LogP contribution in [0.1, 0.15) is 22.3 Å². The minimum absolute atomic E-state index is 0. The molecular formula is C24H18Br2. The molecule has 0 saturated heterocycles. The van der Waals surface area contributed by atoms with Gasteiger partial charge in [-0.15, -0.1) is 34.0 Å². The van der Waals surface area contributed by atoms with E-state index in [-0.39, 0.29) is 34.0 Å². The van der Waals surface area contributed by atoms with E-state index in [4.69, 9.17) is 0 Å². The summed E-state index contributed by atoms with van der Waals surface area (Å²) in [7, 11) is 0. The maximum Gasteiger partial charge on any atom is -0.00389 e. The van der Waals surface area contributed by atoms with Crippen molar-refractivity contribution in [3.63, 3.8) is 0 Å². The summed E-state index contributed by atoms with van der Waals surface area (Å²) >= 11 is 0. The largest absolute Gasteiger partial charge is 0.114 e. The molecule has 0 fully saturated rings. The summed E-state index contributed by atoms with van der Waals surface area (Å²) in [6.45, 7) is 0. The zero-order chi connectivity index (χ0) is 15.9. The van der Waals surface area contributed by atoms with Gasteiger partial charge in [-0.25, -0.2) is 0 Å². The van der Waals surface area contributed by atoms with E-state index in [1.165, 1.54) is 43.8 Å². The molecule has 4 aromatic rings. The summed E-state index contributed by atoms with van der Waals surface area (Å²) in [5.41, 5.74) is 5.40. The molecule has 0 unspecified atom stereocenters. The Bertz CT molecular complexity index is 979. The molecule has 0 atom stereocenters. The molecular weight excluding hydrogens is 448 g/mol. The predicted molar refractivity (Wildman–Crippen MR) is 126 cm³/mol. The molecule has 2 aliphatic carbocycles. The molecule has 6 rings (SSSR count). The Balaban J connectivity index is 0.000000140. The van der Waals surface area contributed by atoms with Gasteiger partial charge in [-0.1, -0.05) is 97.1 Å². The zero-order valence-electron chi connectivity index (χ0n) is 14.1. The van der Waals surface area contributed by atoms with E-state index in [1.807, 2.05) is 0 Å². The zero-order valence-corrected chi connectivity index (χ0v) is 17.5. The lowest BCUT2D eigenvalue weighted by atomic mass is 10.0. The Morgan fingerprint density at radius 3 is 0.885 bits per heavy atom. The number of hydrogen-bond donors (Lipinski definition) is 0. The van der Waals surface area contributed by atoms with Gasteiger partial charge >= 0.3 is 0 Å². The quantitative estimate of drug-likeness (QED) is 0.214. The molecule has 0 aliphatic heterocycles. The summed E-state index contributed by atoms with van der Waals surface area (Å²) < 4.78 is 0. The minimum atomic E-state index is 0. The van der Waals surface area contributed by atoms with E-state index in [9.17, 15) is 0 Å². The fraction of sp³-hybridized carbons (Fsp3) is 0. The Morgan fingerprint density at radius 2 is 0.615 bits per heavy atom. The highest BCUT2D eigenvalue weighted by Gasteiger charge is 2.07. The Labute approximate surface area is 174 Å². The van der Waals surface area contributed by atoms with Gasteiger partial charge in [0.15, 0.2) is 0 Å². The van der Waals surface area contributed by atoms with Crippen LogP contribution < -0.4 is 0 Å². The van der Waals surface area contributed by atoms with Crippen molar-refractivity contribution in [3.8, 4) is 0 Å². The van der Waals surface area contributed by atoms with Gasteiger partial charge in [0.1, 0.15) is 0 Å². The lowest BCUT2D eigenvalue weighted by Gasteiger charge is -1.99. The minimum Gasteiger partial charge on any atom is -0.114 e. The average molecular weight is 466 g/mol. The number of halogens is 2. The van der Waals surface area contributed by atoms with E-state index < -0.39 is 0 Å². The first-order chi connectivity index (χ1) is 11.9. The van der Waals surface area contributed by atoms with Crippen molar-refractivity contribution in [1.82, 2.24) is 0 Å². The Morgan fingerprint density at radius 1 is 0.346 bits per heavy atom. The first-order valence-electron chi connectivity index (χ1n) is 8.30. The summed E-state index contributed by atoms with van der Waals surface area (Å²) in [6, 6.07) is 25.7. The average Bonchev–Trinajstić information content (AvgIpc) is 3.24. The van der Waals surface area contributed by atoms with Gasteiger partial charge in [0.25, 0.3) is 0 Å². The highest BCUT2D eigenvalue weighted by atomic mass is 79.9. The maximum atomic E-state index is 2.18. The molecule has 0 spiro atoms. The fourth-order valence-electron chi connectivity index (χ4n) is 3.71. The van der Waals surface area contributed by atoms with Crippen LogP contribution in [-0.4, -0.2) is 0 Å². The van der Waals surface area contributed by atoms with Gasteiger partial charge in [0, 0.05) is 0 Å². The first-order valence-corrected chi connectivity index (χ1v) is 8.30. The van der Waals surface area contributed by atoms with Crippen molar-refractivity contribution in [2.45, 2.75) is 0 Å². The smallest absolute Gasteiger partial charge is 0.00389 e. The Kier molecular flexibility index (Phi) is 5.45. The second-order valence-corrected chi connectivity index (χ2v) is 6.25. The van der Waals surface area contributed by atoms with Crippen LogP contribution >= 0.6 is 34.0 Å². The van der Waals surface area contributed by atoms with Crippen LogP contribution in [0.5, 0.6) is 0 Å². The van der Waals surface area contributed by atoms with Crippen molar-refractivity contribution in [3.05, 3.63) is 95.1 Å². The van der Waals surface area contributed by atoms with Crippen molar-refractivity contribution < 1.29 is 0 Å². The lowest BCUT2D eigenvalue weighted by Crippen LogP contribution is -1.76. The normalized spacial score (nSPS) is 11.7. The van der Waals surface area contributed by atoms with Gasteiger partial charge in [0.05, 0.1) is 0 Å². The van der Waals surface area contributed by atoms with Gasteiger partial charge < -0.3 is 0 Å². The second-order valence-electron chi connectivity index (χ2n) is 6.25. The highest BCUT2D eigenvalue weighted by molar-refractivity contribution is 8.93. The van der Waals surface area contributed by atoms with Crippen LogP contribution in [0.25, 0.3) is 45.8 Å².